The minimum Gasteiger partial charge on any atom is -0.327 e. The highest BCUT2D eigenvalue weighted by molar-refractivity contribution is 5.18. The number of nitrogens with two attached hydrogens (primary N) is 1. The van der Waals surface area contributed by atoms with E-state index in [0.717, 1.165) is 43.0 Å². The van der Waals surface area contributed by atoms with Gasteiger partial charge in [0.1, 0.15) is 5.82 Å². The van der Waals surface area contributed by atoms with E-state index >= 15 is 0 Å². The lowest BCUT2D eigenvalue weighted by molar-refractivity contribution is -0.00945. The van der Waals surface area contributed by atoms with E-state index in [0.29, 0.717) is 5.41 Å². The van der Waals surface area contributed by atoms with Crippen molar-refractivity contribution in [2.45, 2.75) is 69.4 Å². The Morgan fingerprint density at radius 3 is 2.35 bits per heavy atom. The quantitative estimate of drug-likeness (QED) is 0.851. The minimum absolute atomic E-state index is 0.288. The molecule has 108 valence electrons. The van der Waals surface area contributed by atoms with Gasteiger partial charge in [-0.05, 0) is 62.7 Å². The third-order valence-electron chi connectivity index (χ3n) is 6.42. The van der Waals surface area contributed by atoms with E-state index in [1.165, 1.54) is 44.3 Å². The lowest BCUT2D eigenvalue weighted by atomic mass is 9.49. The standard InChI is InChI=1S/C16H24N4/c17-13-1-2-20-14(6-13)18-15(19-20)16-7-10-3-11(8-16)5-12(4-10)9-16/h10-13H,1-9,17H2. The number of rotatable bonds is 1. The Balaban J connectivity index is 1.53. The molecule has 4 heteroatoms. The molecule has 0 spiro atoms. The molecule has 4 saturated carbocycles. The van der Waals surface area contributed by atoms with E-state index in [1.54, 1.807) is 0 Å². The maximum Gasteiger partial charge on any atom is 0.157 e. The molecule has 0 radical (unpaired) electrons. The Hall–Kier alpha value is -0.900. The number of aryl methyl sites for hydroxylation is 1. The Bertz CT molecular complexity index is 511. The highest BCUT2D eigenvalue weighted by Gasteiger charge is 2.53. The molecule has 6 rings (SSSR count). The summed E-state index contributed by atoms with van der Waals surface area (Å²) in [5.74, 6) is 5.22. The predicted octanol–water partition coefficient (Wildman–Crippen LogP) is 2.02. The van der Waals surface area contributed by atoms with Crippen LogP contribution in [0.5, 0.6) is 0 Å². The van der Waals surface area contributed by atoms with E-state index in [4.69, 9.17) is 15.8 Å². The molecule has 1 aromatic rings. The largest absolute Gasteiger partial charge is 0.327 e. The first kappa shape index (κ1) is 11.7. The van der Waals surface area contributed by atoms with Gasteiger partial charge in [0.2, 0.25) is 0 Å². The summed E-state index contributed by atoms with van der Waals surface area (Å²) in [4.78, 5) is 4.96. The van der Waals surface area contributed by atoms with Gasteiger partial charge in [-0.1, -0.05) is 0 Å². The molecule has 0 amide bonds. The summed E-state index contributed by atoms with van der Waals surface area (Å²) >= 11 is 0. The Kier molecular flexibility index (Phi) is 2.25. The Labute approximate surface area is 120 Å². The van der Waals surface area contributed by atoms with Gasteiger partial charge in [-0.25, -0.2) is 9.67 Å². The molecule has 1 aliphatic heterocycles. The van der Waals surface area contributed by atoms with Gasteiger partial charge in [0.25, 0.3) is 0 Å². The molecule has 2 heterocycles. The first-order chi connectivity index (χ1) is 9.70. The van der Waals surface area contributed by atoms with E-state index in [-0.39, 0.29) is 6.04 Å². The first-order valence-corrected chi connectivity index (χ1v) is 8.40. The molecule has 0 saturated heterocycles. The van der Waals surface area contributed by atoms with Crippen LogP contribution in [0.2, 0.25) is 0 Å². The van der Waals surface area contributed by atoms with Crippen molar-refractivity contribution in [3.05, 3.63) is 11.6 Å². The number of nitrogens with zero attached hydrogens (tertiary/aromatic N) is 3. The summed E-state index contributed by atoms with van der Waals surface area (Å²) in [5.41, 5.74) is 6.42. The second-order valence-electron chi connectivity index (χ2n) is 8.03. The lowest BCUT2D eigenvalue weighted by Gasteiger charge is -2.55. The third kappa shape index (κ3) is 1.57. The maximum atomic E-state index is 6.08. The molecule has 4 aliphatic carbocycles. The SMILES string of the molecule is NC1CCn2nc(C34CC5CC(CC(C5)C3)C4)nc2C1. The van der Waals surface area contributed by atoms with Crippen molar-refractivity contribution >= 4 is 0 Å². The molecule has 20 heavy (non-hydrogen) atoms. The number of aromatic nitrogens is 3. The van der Waals surface area contributed by atoms with Gasteiger partial charge in [0.15, 0.2) is 5.82 Å². The van der Waals surface area contributed by atoms with Gasteiger partial charge < -0.3 is 5.73 Å². The maximum absolute atomic E-state index is 6.08. The topological polar surface area (TPSA) is 56.7 Å². The van der Waals surface area contributed by atoms with Gasteiger partial charge in [-0.2, -0.15) is 5.10 Å². The average Bonchev–Trinajstić information content (AvgIpc) is 2.80. The number of fused-ring (bicyclic) bond motifs is 1. The van der Waals surface area contributed by atoms with Crippen LogP contribution in [0.1, 0.15) is 56.6 Å². The second kappa shape index (κ2) is 3.85. The van der Waals surface area contributed by atoms with Crippen LogP contribution in [0.3, 0.4) is 0 Å². The van der Waals surface area contributed by atoms with E-state index in [1.807, 2.05) is 0 Å². The van der Waals surface area contributed by atoms with Gasteiger partial charge in [0.05, 0.1) is 0 Å². The Morgan fingerprint density at radius 2 is 1.70 bits per heavy atom. The summed E-state index contributed by atoms with van der Waals surface area (Å²) in [6.07, 6.45) is 10.5. The van der Waals surface area contributed by atoms with Gasteiger partial charge in [-0.3, -0.25) is 0 Å². The average molecular weight is 272 g/mol. The van der Waals surface area contributed by atoms with Crippen LogP contribution in [-0.4, -0.2) is 20.8 Å². The van der Waals surface area contributed by atoms with Crippen LogP contribution >= 0.6 is 0 Å². The van der Waals surface area contributed by atoms with Crippen LogP contribution < -0.4 is 5.73 Å². The summed E-state index contributed by atoms with van der Waals surface area (Å²) in [6, 6.07) is 0.288. The monoisotopic (exact) mass is 272 g/mol. The van der Waals surface area contributed by atoms with Crippen molar-refractivity contribution in [2.24, 2.45) is 23.5 Å². The van der Waals surface area contributed by atoms with Crippen LogP contribution in [0.4, 0.5) is 0 Å². The van der Waals surface area contributed by atoms with E-state index < -0.39 is 0 Å². The van der Waals surface area contributed by atoms with Crippen molar-refractivity contribution in [2.75, 3.05) is 0 Å². The van der Waals surface area contributed by atoms with Crippen molar-refractivity contribution in [3.8, 4) is 0 Å². The fourth-order valence-corrected chi connectivity index (χ4v) is 5.94. The first-order valence-electron chi connectivity index (χ1n) is 8.40. The van der Waals surface area contributed by atoms with Gasteiger partial charge in [-0.15, -0.1) is 0 Å². The molecule has 1 atom stereocenters. The highest BCUT2D eigenvalue weighted by atomic mass is 15.4. The van der Waals surface area contributed by atoms with Crippen molar-refractivity contribution in [1.82, 2.24) is 14.8 Å². The predicted molar refractivity (Wildman–Crippen MR) is 76.2 cm³/mol. The molecule has 5 aliphatic rings. The molecular weight excluding hydrogens is 248 g/mol. The fourth-order valence-electron chi connectivity index (χ4n) is 5.94. The summed E-state index contributed by atoms with van der Waals surface area (Å²) in [7, 11) is 0. The molecule has 2 N–H and O–H groups in total. The Morgan fingerprint density at radius 1 is 1.05 bits per heavy atom. The zero-order chi connectivity index (χ0) is 13.3. The summed E-state index contributed by atoms with van der Waals surface area (Å²) in [6.45, 7) is 0.968. The van der Waals surface area contributed by atoms with Gasteiger partial charge >= 0.3 is 0 Å². The zero-order valence-electron chi connectivity index (χ0n) is 12.1. The summed E-state index contributed by atoms with van der Waals surface area (Å²) < 4.78 is 2.15. The molecule has 1 aromatic heterocycles. The van der Waals surface area contributed by atoms with Gasteiger partial charge in [0, 0.05) is 24.4 Å². The lowest BCUT2D eigenvalue weighted by Crippen LogP contribution is -2.49. The van der Waals surface area contributed by atoms with E-state index in [9.17, 15) is 0 Å². The van der Waals surface area contributed by atoms with Crippen molar-refractivity contribution in [3.63, 3.8) is 0 Å². The molecule has 0 aromatic carbocycles. The van der Waals surface area contributed by atoms with Crippen LogP contribution in [0.15, 0.2) is 0 Å². The number of hydrogen-bond acceptors (Lipinski definition) is 3. The van der Waals surface area contributed by atoms with E-state index in [2.05, 4.69) is 4.68 Å². The highest BCUT2D eigenvalue weighted by Crippen LogP contribution is 2.60. The van der Waals surface area contributed by atoms with Crippen LogP contribution in [0.25, 0.3) is 0 Å². The second-order valence-corrected chi connectivity index (χ2v) is 8.03. The van der Waals surface area contributed by atoms with Crippen LogP contribution in [0, 0.1) is 17.8 Å². The molecule has 4 bridgehead atoms. The van der Waals surface area contributed by atoms with Crippen molar-refractivity contribution < 1.29 is 0 Å². The minimum atomic E-state index is 0.288. The third-order valence-corrected chi connectivity index (χ3v) is 6.42. The van der Waals surface area contributed by atoms with Crippen molar-refractivity contribution in [1.29, 1.82) is 0 Å². The smallest absolute Gasteiger partial charge is 0.157 e. The fraction of sp³-hybridized carbons (Fsp3) is 0.875. The normalized spacial score (nSPS) is 45.6. The summed E-state index contributed by atoms with van der Waals surface area (Å²) in [5, 5.41) is 4.93. The van der Waals surface area contributed by atoms with Crippen LogP contribution in [-0.2, 0) is 18.4 Å². The molecular formula is C16H24N4. The molecule has 1 unspecified atom stereocenters. The molecule has 4 nitrogen and oxygen atoms in total. The zero-order valence-corrected chi connectivity index (χ0v) is 12.1. The molecule has 4 fully saturated rings. The number of hydrogen-bond donors (Lipinski definition) is 1.